The number of nitrogens with zero attached hydrogens (tertiary/aromatic N) is 1. The van der Waals surface area contributed by atoms with Crippen molar-refractivity contribution in [1.82, 2.24) is 5.32 Å². The van der Waals surface area contributed by atoms with Gasteiger partial charge in [0.25, 0.3) is 11.8 Å². The molecule has 1 heterocycles. The molecule has 0 aromatic heterocycles. The summed E-state index contributed by atoms with van der Waals surface area (Å²) in [5.74, 6) is -2.19. The monoisotopic (exact) mass is 519 g/mol. The predicted octanol–water partition coefficient (Wildman–Crippen LogP) is 4.94. The van der Waals surface area contributed by atoms with E-state index in [-0.39, 0.29) is 33.9 Å². The molecule has 0 saturated carbocycles. The number of benzene rings is 2. The standard InChI is InChI=1S/C25H27Cl2N3O5/c1-24(2,3)19-13-25(4,35-30-19)23(34)29-18(22(32)33)12-14-8-10-15(11-9-14)28-21(31)20-16(26)6-5-7-17(20)27/h5-11,18H,12-13H2,1-4H3,(H,28,31)(H,29,34)(H,32,33)/t18?,25-/m0/s1. The summed E-state index contributed by atoms with van der Waals surface area (Å²) in [7, 11) is 0. The molecular weight excluding hydrogens is 493 g/mol. The molecule has 3 rings (SSSR count). The minimum absolute atomic E-state index is 0.0364. The van der Waals surface area contributed by atoms with E-state index in [4.69, 9.17) is 28.0 Å². The highest BCUT2D eigenvalue weighted by Gasteiger charge is 2.45. The van der Waals surface area contributed by atoms with Crippen LogP contribution >= 0.6 is 23.2 Å². The van der Waals surface area contributed by atoms with Crippen molar-refractivity contribution in [2.24, 2.45) is 10.6 Å². The van der Waals surface area contributed by atoms with Gasteiger partial charge in [0.1, 0.15) is 6.04 Å². The SMILES string of the molecule is CC(C)(C)C1=NO[C@](C)(C(=O)NC(Cc2ccc(NC(=O)c3c(Cl)cccc3Cl)cc2)C(=O)O)C1. The van der Waals surface area contributed by atoms with Crippen LogP contribution in [0.5, 0.6) is 0 Å². The van der Waals surface area contributed by atoms with Crippen molar-refractivity contribution < 1.29 is 24.3 Å². The number of nitrogens with one attached hydrogen (secondary N) is 2. The fourth-order valence-corrected chi connectivity index (χ4v) is 4.01. The summed E-state index contributed by atoms with van der Waals surface area (Å²) in [5.41, 5.74) is 0.482. The Morgan fingerprint density at radius 2 is 1.71 bits per heavy atom. The number of aliphatic carboxylic acids is 1. The van der Waals surface area contributed by atoms with Gasteiger partial charge >= 0.3 is 5.97 Å². The van der Waals surface area contributed by atoms with E-state index in [0.717, 1.165) is 5.71 Å². The number of hydrogen-bond donors (Lipinski definition) is 3. The third-order valence-corrected chi connectivity index (χ3v) is 6.28. The molecule has 0 aliphatic carbocycles. The topological polar surface area (TPSA) is 117 Å². The van der Waals surface area contributed by atoms with E-state index in [9.17, 15) is 19.5 Å². The van der Waals surface area contributed by atoms with Gasteiger partial charge in [-0.25, -0.2) is 4.79 Å². The van der Waals surface area contributed by atoms with Crippen molar-refractivity contribution >= 4 is 52.4 Å². The fraction of sp³-hybridized carbons (Fsp3) is 0.360. The van der Waals surface area contributed by atoms with Crippen LogP contribution in [-0.4, -0.2) is 40.2 Å². The lowest BCUT2D eigenvalue weighted by molar-refractivity contribution is -0.148. The first-order chi connectivity index (χ1) is 16.3. The molecule has 2 aromatic carbocycles. The largest absolute Gasteiger partial charge is 0.480 e. The first-order valence-electron chi connectivity index (χ1n) is 10.9. The number of carbonyl (C=O) groups excluding carboxylic acids is 2. The molecule has 2 atom stereocenters. The molecule has 1 unspecified atom stereocenters. The number of halogens is 2. The second-order valence-electron chi connectivity index (χ2n) is 9.60. The zero-order chi connectivity index (χ0) is 26.0. The van der Waals surface area contributed by atoms with Crippen LogP contribution in [0.2, 0.25) is 10.0 Å². The van der Waals surface area contributed by atoms with E-state index in [1.165, 1.54) is 0 Å². The van der Waals surface area contributed by atoms with Gasteiger partial charge < -0.3 is 20.6 Å². The molecule has 35 heavy (non-hydrogen) atoms. The summed E-state index contributed by atoms with van der Waals surface area (Å²) in [6.45, 7) is 7.49. The molecule has 10 heteroatoms. The molecule has 3 N–H and O–H groups in total. The van der Waals surface area contributed by atoms with Crippen molar-refractivity contribution in [3.8, 4) is 0 Å². The van der Waals surface area contributed by atoms with Crippen LogP contribution in [0.1, 0.15) is 50.0 Å². The summed E-state index contributed by atoms with van der Waals surface area (Å²) in [4.78, 5) is 42.7. The number of carbonyl (C=O) groups is 3. The van der Waals surface area contributed by atoms with Crippen LogP contribution in [0.4, 0.5) is 5.69 Å². The maximum Gasteiger partial charge on any atom is 0.326 e. The molecule has 0 bridgehead atoms. The van der Waals surface area contributed by atoms with Crippen molar-refractivity contribution in [3.63, 3.8) is 0 Å². The first-order valence-corrected chi connectivity index (χ1v) is 11.7. The molecule has 2 amide bonds. The van der Waals surface area contributed by atoms with Crippen LogP contribution in [0.25, 0.3) is 0 Å². The van der Waals surface area contributed by atoms with E-state index < -0.39 is 29.4 Å². The third kappa shape index (κ3) is 6.32. The van der Waals surface area contributed by atoms with Crippen molar-refractivity contribution in [2.75, 3.05) is 5.32 Å². The lowest BCUT2D eigenvalue weighted by Crippen LogP contribution is -2.52. The Bertz CT molecular complexity index is 1150. The van der Waals surface area contributed by atoms with Crippen LogP contribution in [-0.2, 0) is 20.8 Å². The van der Waals surface area contributed by atoms with E-state index in [1.807, 2.05) is 20.8 Å². The van der Waals surface area contributed by atoms with Gasteiger partial charge in [-0.05, 0) is 36.8 Å². The maximum absolute atomic E-state index is 12.9. The lowest BCUT2D eigenvalue weighted by Gasteiger charge is -2.24. The zero-order valence-corrected chi connectivity index (χ0v) is 21.3. The number of hydrogen-bond acceptors (Lipinski definition) is 5. The highest BCUT2D eigenvalue weighted by atomic mass is 35.5. The average Bonchev–Trinajstić information content (AvgIpc) is 3.18. The van der Waals surface area contributed by atoms with Crippen molar-refractivity contribution in [2.45, 2.75) is 52.2 Å². The van der Waals surface area contributed by atoms with Gasteiger partial charge in [0, 0.05) is 23.9 Å². The first kappa shape index (κ1) is 26.5. The highest BCUT2D eigenvalue weighted by molar-refractivity contribution is 6.40. The Labute approximate surface area is 213 Å². The molecule has 186 valence electrons. The predicted molar refractivity (Wildman–Crippen MR) is 135 cm³/mol. The molecule has 0 saturated heterocycles. The summed E-state index contributed by atoms with van der Waals surface area (Å²) in [5, 5.41) is 19.4. The fourth-order valence-electron chi connectivity index (χ4n) is 3.44. The molecule has 0 fully saturated rings. The Morgan fingerprint density at radius 3 is 2.23 bits per heavy atom. The van der Waals surface area contributed by atoms with Crippen molar-refractivity contribution in [3.05, 3.63) is 63.6 Å². The molecule has 2 aromatic rings. The highest BCUT2D eigenvalue weighted by Crippen LogP contribution is 2.32. The number of carboxylic acids is 1. The van der Waals surface area contributed by atoms with Gasteiger partial charge in [-0.15, -0.1) is 0 Å². The third-order valence-electron chi connectivity index (χ3n) is 5.65. The normalized spacial score (nSPS) is 18.3. The van der Waals surface area contributed by atoms with Gasteiger partial charge in [-0.1, -0.05) is 67.3 Å². The number of carboxylic acid groups (broad SMARTS) is 1. The van der Waals surface area contributed by atoms with Crippen LogP contribution in [0.3, 0.4) is 0 Å². The smallest absolute Gasteiger partial charge is 0.326 e. The van der Waals surface area contributed by atoms with Crippen molar-refractivity contribution in [1.29, 1.82) is 0 Å². The second-order valence-corrected chi connectivity index (χ2v) is 10.4. The van der Waals surface area contributed by atoms with E-state index in [0.29, 0.717) is 11.3 Å². The zero-order valence-electron chi connectivity index (χ0n) is 19.8. The van der Waals surface area contributed by atoms with E-state index >= 15 is 0 Å². The lowest BCUT2D eigenvalue weighted by atomic mass is 9.83. The van der Waals surface area contributed by atoms with Crippen LogP contribution in [0.15, 0.2) is 47.6 Å². The van der Waals surface area contributed by atoms with Gasteiger partial charge in [0.15, 0.2) is 0 Å². The Kier molecular flexibility index (Phi) is 7.77. The summed E-state index contributed by atoms with van der Waals surface area (Å²) in [6, 6.07) is 10.2. The summed E-state index contributed by atoms with van der Waals surface area (Å²) >= 11 is 12.2. The maximum atomic E-state index is 12.9. The molecule has 0 spiro atoms. The van der Waals surface area contributed by atoms with E-state index in [1.54, 1.807) is 49.4 Å². The molecule has 1 aliphatic rings. The molecule has 1 aliphatic heterocycles. The Morgan fingerprint density at radius 1 is 1.11 bits per heavy atom. The number of oxime groups is 1. The van der Waals surface area contributed by atoms with E-state index in [2.05, 4.69) is 15.8 Å². The van der Waals surface area contributed by atoms with Gasteiger partial charge in [-0.3, -0.25) is 9.59 Å². The molecule has 0 radical (unpaired) electrons. The van der Waals surface area contributed by atoms with Crippen LogP contribution < -0.4 is 10.6 Å². The quantitative estimate of drug-likeness (QED) is 0.478. The number of rotatable bonds is 7. The number of amides is 2. The van der Waals surface area contributed by atoms with Gasteiger partial charge in [0.2, 0.25) is 5.60 Å². The summed E-state index contributed by atoms with van der Waals surface area (Å²) in [6.07, 6.45) is 0.313. The second kappa shape index (κ2) is 10.3. The Balaban J connectivity index is 1.64. The van der Waals surface area contributed by atoms with Gasteiger partial charge in [0.05, 0.1) is 21.3 Å². The minimum atomic E-state index is -1.27. The minimum Gasteiger partial charge on any atom is -0.480 e. The average molecular weight is 520 g/mol. The Hall–Kier alpha value is -3.10. The van der Waals surface area contributed by atoms with Gasteiger partial charge in [-0.2, -0.15) is 0 Å². The van der Waals surface area contributed by atoms with Crippen LogP contribution in [0, 0.1) is 5.41 Å². The number of anilines is 1. The molecule has 8 nitrogen and oxygen atoms in total. The summed E-state index contributed by atoms with van der Waals surface area (Å²) < 4.78 is 0. The molecular formula is C25H27Cl2N3O5.